The van der Waals surface area contributed by atoms with Crippen LogP contribution in [-0.4, -0.2) is 54.7 Å². The van der Waals surface area contributed by atoms with Gasteiger partial charge in [-0.3, -0.25) is 23.5 Å². The van der Waals surface area contributed by atoms with Crippen molar-refractivity contribution in [3.63, 3.8) is 0 Å². The smallest absolute Gasteiger partial charge is 0.332 e. The Morgan fingerprint density at radius 3 is 2.25 bits per heavy atom. The van der Waals surface area contributed by atoms with E-state index in [9.17, 15) is 14.4 Å². The molecule has 3 aromatic rings. The average Bonchev–Trinajstić information content (AvgIpc) is 3.35. The minimum atomic E-state index is -2.03. The molecule has 2 aliphatic heterocycles. The van der Waals surface area contributed by atoms with Crippen molar-refractivity contribution in [2.45, 2.75) is 24.9 Å². The summed E-state index contributed by atoms with van der Waals surface area (Å²) in [5.41, 5.74) is -2.04. The summed E-state index contributed by atoms with van der Waals surface area (Å²) in [6.45, 7) is 1.73. The highest BCUT2D eigenvalue weighted by molar-refractivity contribution is 6.36. The Bertz CT molecular complexity index is 1940. The van der Waals surface area contributed by atoms with Gasteiger partial charge in [-0.25, -0.2) is 4.79 Å². The third-order valence-corrected chi connectivity index (χ3v) is 9.18. The van der Waals surface area contributed by atoms with E-state index < -0.39 is 40.3 Å². The Morgan fingerprint density at radius 1 is 0.932 bits per heavy atom. The van der Waals surface area contributed by atoms with Crippen molar-refractivity contribution in [1.82, 2.24) is 9.13 Å². The molecule has 0 saturated heterocycles. The van der Waals surface area contributed by atoms with Gasteiger partial charge in [-0.15, -0.1) is 0 Å². The van der Waals surface area contributed by atoms with E-state index in [-0.39, 0.29) is 57.0 Å². The van der Waals surface area contributed by atoms with E-state index in [0.29, 0.717) is 17.0 Å². The maximum Gasteiger partial charge on any atom is 0.332 e. The number of anilines is 1. The second kappa shape index (κ2) is 10.2. The van der Waals surface area contributed by atoms with Gasteiger partial charge < -0.3 is 29.0 Å². The molecular formula is C31H30ClN3O9. The molecule has 3 heterocycles. The summed E-state index contributed by atoms with van der Waals surface area (Å²) in [7, 11) is 8.63. The van der Waals surface area contributed by atoms with Gasteiger partial charge in [0.25, 0.3) is 5.56 Å². The predicted octanol–water partition coefficient (Wildman–Crippen LogP) is 3.21. The molecule has 1 aliphatic carbocycles. The van der Waals surface area contributed by atoms with E-state index in [1.165, 1.54) is 53.2 Å². The van der Waals surface area contributed by atoms with Crippen molar-refractivity contribution in [2.24, 2.45) is 20.0 Å². The summed E-state index contributed by atoms with van der Waals surface area (Å²) >= 11 is 6.62. The van der Waals surface area contributed by atoms with Crippen LogP contribution in [0.25, 0.3) is 0 Å². The lowest BCUT2D eigenvalue weighted by Crippen LogP contribution is -2.58. The normalized spacial score (nSPS) is 21.7. The van der Waals surface area contributed by atoms with Gasteiger partial charge in [0.2, 0.25) is 17.2 Å². The molecule has 0 saturated carbocycles. The average molecular weight is 624 g/mol. The summed E-state index contributed by atoms with van der Waals surface area (Å²) < 4.78 is 30.8. The van der Waals surface area contributed by atoms with Crippen LogP contribution in [0.15, 0.2) is 45.1 Å². The predicted molar refractivity (Wildman–Crippen MR) is 160 cm³/mol. The molecule has 230 valence electrons. The molecule has 3 aliphatic rings. The number of hydrogen-bond donors (Lipinski definition) is 1. The molecule has 0 bridgehead atoms. The van der Waals surface area contributed by atoms with Gasteiger partial charge in [0.1, 0.15) is 27.9 Å². The van der Waals surface area contributed by atoms with E-state index in [1.807, 2.05) is 0 Å². The first-order valence-electron chi connectivity index (χ1n) is 13.7. The molecule has 0 unspecified atom stereocenters. The van der Waals surface area contributed by atoms with Crippen LogP contribution >= 0.6 is 11.6 Å². The number of nitrogens with one attached hydrogen (secondary N) is 1. The van der Waals surface area contributed by atoms with Crippen LogP contribution in [-0.2, 0) is 18.9 Å². The lowest BCUT2D eigenvalue weighted by molar-refractivity contribution is -0.130. The van der Waals surface area contributed by atoms with Crippen LogP contribution in [0.1, 0.15) is 40.7 Å². The number of hydrogen-bond acceptors (Lipinski definition) is 10. The maximum atomic E-state index is 15.0. The summed E-state index contributed by atoms with van der Waals surface area (Å²) in [5, 5.41) is 3.22. The third kappa shape index (κ3) is 3.63. The minimum absolute atomic E-state index is 0.0184. The first-order chi connectivity index (χ1) is 21.0. The second-order valence-electron chi connectivity index (χ2n) is 10.9. The van der Waals surface area contributed by atoms with Crippen LogP contribution in [0.2, 0.25) is 5.02 Å². The van der Waals surface area contributed by atoms with Crippen molar-refractivity contribution in [3.05, 3.63) is 78.1 Å². The monoisotopic (exact) mass is 623 g/mol. The maximum absolute atomic E-state index is 15.0. The number of ether oxygens (including phenoxy) is 5. The topological polar surface area (TPSA) is 136 Å². The van der Waals surface area contributed by atoms with E-state index >= 15 is 4.79 Å². The molecule has 44 heavy (non-hydrogen) atoms. The summed E-state index contributed by atoms with van der Waals surface area (Å²) in [6, 6.07) is 6.58. The van der Waals surface area contributed by atoms with Gasteiger partial charge in [-0.1, -0.05) is 30.7 Å². The van der Waals surface area contributed by atoms with Crippen molar-refractivity contribution in [3.8, 4) is 28.7 Å². The molecule has 0 fully saturated rings. The third-order valence-electron chi connectivity index (χ3n) is 8.82. The van der Waals surface area contributed by atoms with Gasteiger partial charge in [-0.05, 0) is 12.5 Å². The highest BCUT2D eigenvalue weighted by Crippen LogP contribution is 2.57. The molecular weight excluding hydrogens is 594 g/mol. The molecule has 1 aromatic heterocycles. The van der Waals surface area contributed by atoms with Gasteiger partial charge in [0.15, 0.2) is 17.2 Å². The van der Waals surface area contributed by atoms with Gasteiger partial charge in [0.05, 0.1) is 39.9 Å². The Kier molecular flexibility index (Phi) is 6.80. The summed E-state index contributed by atoms with van der Waals surface area (Å²) in [4.78, 5) is 56.3. The number of ketones is 2. The number of halogens is 1. The van der Waals surface area contributed by atoms with Gasteiger partial charge in [0, 0.05) is 42.9 Å². The number of methoxy groups -OCH3 is 4. The van der Waals surface area contributed by atoms with Crippen molar-refractivity contribution in [1.29, 1.82) is 0 Å². The Morgan fingerprint density at radius 2 is 1.61 bits per heavy atom. The lowest BCUT2D eigenvalue weighted by Gasteiger charge is -2.42. The first kappa shape index (κ1) is 29.4. The number of aromatic nitrogens is 2. The number of para-hydroxylation sites is 1. The number of fused-ring (bicyclic) bond motifs is 2. The largest absolute Gasteiger partial charge is 0.496 e. The van der Waals surface area contributed by atoms with Crippen LogP contribution in [0, 0.1) is 5.92 Å². The molecule has 2 aromatic carbocycles. The number of nitrogens with zero attached hydrogens (tertiary/aromatic N) is 2. The van der Waals surface area contributed by atoms with Crippen molar-refractivity contribution < 1.29 is 33.3 Å². The number of Topliss-reactive ketones (excluding diaryl/α,β-unsaturated/α-hetero) is 2. The number of allylic oxidation sites excluding steroid dienone is 1. The Balaban J connectivity index is 1.65. The number of carbonyl (C=O) groups is 2. The molecule has 1 spiro atoms. The lowest BCUT2D eigenvalue weighted by atomic mass is 9.65. The van der Waals surface area contributed by atoms with E-state index in [4.69, 9.17) is 35.3 Å². The fourth-order valence-electron chi connectivity index (χ4n) is 6.64. The molecule has 12 nitrogen and oxygen atoms in total. The fourth-order valence-corrected chi connectivity index (χ4v) is 6.90. The van der Waals surface area contributed by atoms with Crippen LogP contribution in [0.5, 0.6) is 28.7 Å². The number of benzene rings is 2. The number of rotatable bonds is 5. The van der Waals surface area contributed by atoms with Crippen molar-refractivity contribution >= 4 is 29.0 Å². The summed E-state index contributed by atoms with van der Waals surface area (Å²) in [6.07, 6.45) is 0.156. The van der Waals surface area contributed by atoms with Gasteiger partial charge >= 0.3 is 5.69 Å². The molecule has 3 atom stereocenters. The standard InChI is InChI=1S/C31H30ClN3O9/c1-13-11-15-20(26(36)31(13)27(37)21-17(41-5)12-18(42-6)23(32)25(21)44-31)19(14-9-8-10-16(40-4)24(14)43-7)22-28(33-15)34(2)30(39)35(3)29(22)38/h8-10,12-13,19,33H,11H2,1-7H3/t13-,19-,31+/m1/s1. The highest BCUT2D eigenvalue weighted by atomic mass is 35.5. The molecule has 1 N–H and O–H groups in total. The zero-order valence-electron chi connectivity index (χ0n) is 25.1. The van der Waals surface area contributed by atoms with E-state index in [0.717, 1.165) is 4.57 Å². The van der Waals surface area contributed by atoms with Crippen LogP contribution < -0.4 is 40.3 Å². The Hall–Kier alpha value is -4.71. The minimum Gasteiger partial charge on any atom is -0.496 e. The fraction of sp³-hybridized carbons (Fsp3) is 0.355. The van der Waals surface area contributed by atoms with E-state index in [2.05, 4.69) is 5.32 Å². The second-order valence-corrected chi connectivity index (χ2v) is 11.3. The van der Waals surface area contributed by atoms with Crippen molar-refractivity contribution in [2.75, 3.05) is 33.8 Å². The van der Waals surface area contributed by atoms with Gasteiger partial charge in [-0.2, -0.15) is 0 Å². The molecule has 0 radical (unpaired) electrons. The molecule has 0 amide bonds. The Labute approximate surface area is 256 Å². The van der Waals surface area contributed by atoms with E-state index in [1.54, 1.807) is 25.1 Å². The SMILES string of the molecule is COc1cc(OC)c2c(c1Cl)O[C@@]1(C(=O)C3=C(C[C@H]1C)Nc1c(c(=O)n(C)c(=O)n1C)[C@@H]3c1cccc(OC)c1OC)C2=O. The molecule has 13 heteroatoms. The summed E-state index contributed by atoms with van der Waals surface area (Å²) in [5.74, 6) is -1.83. The molecule has 6 rings (SSSR count). The zero-order chi connectivity index (χ0) is 31.8. The van der Waals surface area contributed by atoms with Crippen LogP contribution in [0.3, 0.4) is 0 Å². The number of carbonyl (C=O) groups excluding carboxylic acids is 2. The highest BCUT2D eigenvalue weighted by Gasteiger charge is 2.64. The first-order valence-corrected chi connectivity index (χ1v) is 14.1. The van der Waals surface area contributed by atoms with Crippen LogP contribution in [0.4, 0.5) is 5.82 Å². The quantitative estimate of drug-likeness (QED) is 0.422. The zero-order valence-corrected chi connectivity index (χ0v) is 25.9.